The van der Waals surface area contributed by atoms with Gasteiger partial charge in [0.05, 0.1) is 33.0 Å². The standard InChI is InChI=1S/C22H17ClF3N3O2S2/c1-32-14-5-2-12(3-6-14)15-9-19(30)29-21(16(15)10-27)33-11-20(31)28-13-4-7-18(23)17(8-13)22(24,25)26/h2-8,15H,9,11H2,1H3,(H,28,31)(H,29,30)/t15-/m0/s1. The number of carbonyl (C=O) groups excluding carboxylic acids is 2. The molecule has 0 saturated carbocycles. The van der Waals surface area contributed by atoms with Crippen molar-refractivity contribution in [1.29, 1.82) is 5.26 Å². The lowest BCUT2D eigenvalue weighted by molar-refractivity contribution is -0.137. The molecule has 1 atom stereocenters. The van der Waals surface area contributed by atoms with Crippen LogP contribution in [0.25, 0.3) is 0 Å². The Morgan fingerprint density at radius 3 is 2.58 bits per heavy atom. The largest absolute Gasteiger partial charge is 0.417 e. The molecule has 33 heavy (non-hydrogen) atoms. The second-order valence-corrected chi connectivity index (χ2v) is 9.23. The highest BCUT2D eigenvalue weighted by Gasteiger charge is 2.33. The van der Waals surface area contributed by atoms with Crippen LogP contribution in [0.15, 0.2) is 58.0 Å². The molecule has 1 heterocycles. The van der Waals surface area contributed by atoms with Crippen molar-refractivity contribution in [2.75, 3.05) is 17.3 Å². The Morgan fingerprint density at radius 2 is 1.97 bits per heavy atom. The van der Waals surface area contributed by atoms with Crippen molar-refractivity contribution < 1.29 is 22.8 Å². The van der Waals surface area contributed by atoms with Gasteiger partial charge in [0.25, 0.3) is 0 Å². The van der Waals surface area contributed by atoms with Crippen LogP contribution in [0, 0.1) is 11.3 Å². The molecular formula is C22H17ClF3N3O2S2. The number of halogens is 4. The van der Waals surface area contributed by atoms with E-state index >= 15 is 0 Å². The number of carbonyl (C=O) groups is 2. The third-order valence-electron chi connectivity index (χ3n) is 4.78. The first kappa shape index (κ1) is 25.0. The van der Waals surface area contributed by atoms with E-state index in [1.807, 2.05) is 30.5 Å². The number of nitrogens with one attached hydrogen (secondary N) is 2. The highest BCUT2D eigenvalue weighted by molar-refractivity contribution is 8.03. The summed E-state index contributed by atoms with van der Waals surface area (Å²) in [5, 5.41) is 14.5. The van der Waals surface area contributed by atoms with Crippen LogP contribution in [0.5, 0.6) is 0 Å². The molecule has 0 aliphatic carbocycles. The molecule has 1 aliphatic heterocycles. The molecule has 0 saturated heterocycles. The number of hydrogen-bond acceptors (Lipinski definition) is 5. The number of nitriles is 1. The highest BCUT2D eigenvalue weighted by atomic mass is 35.5. The van der Waals surface area contributed by atoms with Gasteiger partial charge < -0.3 is 10.6 Å². The maximum Gasteiger partial charge on any atom is 0.417 e. The van der Waals surface area contributed by atoms with Crippen molar-refractivity contribution >= 4 is 52.6 Å². The second-order valence-electron chi connectivity index (χ2n) is 6.96. The third kappa shape index (κ3) is 6.25. The molecule has 3 rings (SSSR count). The molecule has 0 fully saturated rings. The van der Waals surface area contributed by atoms with Crippen molar-refractivity contribution in [3.05, 3.63) is 69.2 Å². The van der Waals surface area contributed by atoms with Crippen molar-refractivity contribution in [3.8, 4) is 6.07 Å². The lowest BCUT2D eigenvalue weighted by Crippen LogP contribution is -2.31. The third-order valence-corrected chi connectivity index (χ3v) is 6.87. The molecule has 1 aliphatic rings. The fraction of sp³-hybridized carbons (Fsp3) is 0.227. The Bertz CT molecular complexity index is 1150. The fourth-order valence-corrected chi connectivity index (χ4v) is 4.72. The quantitative estimate of drug-likeness (QED) is 0.480. The van der Waals surface area contributed by atoms with Crippen LogP contribution < -0.4 is 10.6 Å². The van der Waals surface area contributed by atoms with Gasteiger partial charge in [-0.1, -0.05) is 35.5 Å². The average molecular weight is 512 g/mol. The van der Waals surface area contributed by atoms with E-state index in [2.05, 4.69) is 16.7 Å². The van der Waals surface area contributed by atoms with Crippen molar-refractivity contribution in [2.24, 2.45) is 0 Å². The molecule has 0 spiro atoms. The predicted molar refractivity (Wildman–Crippen MR) is 124 cm³/mol. The number of nitrogens with zero attached hydrogens (tertiary/aromatic N) is 1. The van der Waals surface area contributed by atoms with Crippen LogP contribution in [0.2, 0.25) is 5.02 Å². The van der Waals surface area contributed by atoms with Crippen molar-refractivity contribution in [2.45, 2.75) is 23.4 Å². The zero-order valence-corrected chi connectivity index (χ0v) is 19.5. The van der Waals surface area contributed by atoms with E-state index in [0.717, 1.165) is 34.4 Å². The molecule has 11 heteroatoms. The molecule has 5 nitrogen and oxygen atoms in total. The van der Waals surface area contributed by atoms with Gasteiger partial charge in [-0.3, -0.25) is 9.59 Å². The van der Waals surface area contributed by atoms with E-state index < -0.39 is 28.6 Å². The Kier molecular flexibility index (Phi) is 8.00. The van der Waals surface area contributed by atoms with Gasteiger partial charge in [-0.2, -0.15) is 18.4 Å². The molecule has 2 aromatic rings. The topological polar surface area (TPSA) is 82.0 Å². The van der Waals surface area contributed by atoms with E-state index in [0.29, 0.717) is 5.57 Å². The second kappa shape index (κ2) is 10.5. The summed E-state index contributed by atoms with van der Waals surface area (Å²) in [5.74, 6) is -1.55. The summed E-state index contributed by atoms with van der Waals surface area (Å²) in [6.45, 7) is 0. The number of thioether (sulfide) groups is 2. The van der Waals surface area contributed by atoms with Gasteiger partial charge in [-0.15, -0.1) is 11.8 Å². The minimum absolute atomic E-state index is 0.0637. The van der Waals surface area contributed by atoms with Crippen LogP contribution >= 0.6 is 35.1 Å². The van der Waals surface area contributed by atoms with Gasteiger partial charge in [0.2, 0.25) is 11.8 Å². The van der Waals surface area contributed by atoms with Crippen LogP contribution in [-0.2, 0) is 15.8 Å². The Balaban J connectivity index is 1.74. The summed E-state index contributed by atoms with van der Waals surface area (Å²) in [6, 6.07) is 12.7. The predicted octanol–water partition coefficient (Wildman–Crippen LogP) is 5.79. The molecule has 172 valence electrons. The molecular weight excluding hydrogens is 495 g/mol. The van der Waals surface area contributed by atoms with Gasteiger partial charge in [0.15, 0.2) is 0 Å². The molecule has 2 amide bonds. The fourth-order valence-electron chi connectivity index (χ4n) is 3.21. The normalized spacial score (nSPS) is 16.2. The average Bonchev–Trinajstić information content (AvgIpc) is 2.78. The Labute approximate surface area is 201 Å². The zero-order valence-electron chi connectivity index (χ0n) is 17.1. The first-order valence-corrected chi connectivity index (χ1v) is 12.1. The lowest BCUT2D eigenvalue weighted by atomic mass is 9.87. The van der Waals surface area contributed by atoms with Gasteiger partial charge in [0.1, 0.15) is 0 Å². The summed E-state index contributed by atoms with van der Waals surface area (Å²) >= 11 is 8.10. The highest BCUT2D eigenvalue weighted by Crippen LogP contribution is 2.37. The summed E-state index contributed by atoms with van der Waals surface area (Å²) in [5.41, 5.74) is 0.0166. The number of anilines is 1. The van der Waals surface area contributed by atoms with E-state index in [-0.39, 0.29) is 28.8 Å². The number of benzene rings is 2. The van der Waals surface area contributed by atoms with Gasteiger partial charge in [-0.25, -0.2) is 0 Å². The van der Waals surface area contributed by atoms with E-state index in [1.165, 1.54) is 6.07 Å². The number of amides is 2. The lowest BCUT2D eigenvalue weighted by Gasteiger charge is -2.25. The van der Waals surface area contributed by atoms with Crippen LogP contribution in [0.1, 0.15) is 23.5 Å². The van der Waals surface area contributed by atoms with Gasteiger partial charge >= 0.3 is 6.18 Å². The molecule has 0 aromatic heterocycles. The summed E-state index contributed by atoms with van der Waals surface area (Å²) in [4.78, 5) is 25.6. The van der Waals surface area contributed by atoms with Crippen molar-refractivity contribution in [1.82, 2.24) is 5.32 Å². The van der Waals surface area contributed by atoms with Crippen LogP contribution in [0.3, 0.4) is 0 Å². The first-order valence-electron chi connectivity index (χ1n) is 9.50. The van der Waals surface area contributed by atoms with Gasteiger partial charge in [0, 0.05) is 22.9 Å². The maximum atomic E-state index is 13.0. The number of hydrogen-bond donors (Lipinski definition) is 2. The number of allylic oxidation sites excluding steroid dienone is 1. The summed E-state index contributed by atoms with van der Waals surface area (Å²) in [7, 11) is 0. The van der Waals surface area contributed by atoms with E-state index in [4.69, 9.17) is 11.6 Å². The number of rotatable bonds is 6. The molecule has 0 bridgehead atoms. The SMILES string of the molecule is CSc1ccc([C@@H]2CC(=O)NC(SCC(=O)Nc3ccc(Cl)c(C(F)(F)F)c3)=C2C#N)cc1. The van der Waals surface area contributed by atoms with Crippen molar-refractivity contribution in [3.63, 3.8) is 0 Å². The monoisotopic (exact) mass is 511 g/mol. The zero-order chi connectivity index (χ0) is 24.2. The number of alkyl halides is 3. The minimum atomic E-state index is -4.66. The van der Waals surface area contributed by atoms with E-state index in [1.54, 1.807) is 11.8 Å². The maximum absolute atomic E-state index is 13.0. The van der Waals surface area contributed by atoms with E-state index in [9.17, 15) is 28.0 Å². The van der Waals surface area contributed by atoms with Gasteiger partial charge in [-0.05, 0) is 42.2 Å². The van der Waals surface area contributed by atoms with Crippen LogP contribution in [-0.4, -0.2) is 23.8 Å². The Morgan fingerprint density at radius 1 is 1.27 bits per heavy atom. The molecule has 0 unspecified atom stereocenters. The Hall–Kier alpha value is -2.61. The smallest absolute Gasteiger partial charge is 0.325 e. The molecule has 0 radical (unpaired) electrons. The minimum Gasteiger partial charge on any atom is -0.325 e. The van der Waals surface area contributed by atoms with Crippen LogP contribution in [0.4, 0.5) is 18.9 Å². The molecule has 2 N–H and O–H groups in total. The summed E-state index contributed by atoms with van der Waals surface area (Å²) < 4.78 is 39.0. The summed E-state index contributed by atoms with van der Waals surface area (Å²) in [6.07, 6.45) is -2.62. The molecule has 2 aromatic carbocycles. The first-order chi connectivity index (χ1) is 15.6.